The van der Waals surface area contributed by atoms with Crippen LogP contribution in [0.15, 0.2) is 18.2 Å². The molecule has 1 unspecified atom stereocenters. The molecule has 0 saturated carbocycles. The minimum atomic E-state index is -1.35. The normalized spacial score (nSPS) is 19.2. The highest BCUT2D eigenvalue weighted by molar-refractivity contribution is 6.31. The Morgan fingerprint density at radius 3 is 2.76 bits per heavy atom. The van der Waals surface area contributed by atoms with Crippen LogP contribution in [-0.4, -0.2) is 22.8 Å². The third-order valence-electron chi connectivity index (χ3n) is 2.53. The van der Waals surface area contributed by atoms with Crippen molar-refractivity contribution in [1.82, 2.24) is 0 Å². The summed E-state index contributed by atoms with van der Waals surface area (Å²) in [5.74, 6) is -3.76. The largest absolute Gasteiger partial charge is 0.481 e. The molecule has 2 rings (SSSR count). The van der Waals surface area contributed by atoms with Gasteiger partial charge in [0, 0.05) is 17.0 Å². The maximum absolute atomic E-state index is 11.9. The van der Waals surface area contributed by atoms with Gasteiger partial charge in [-0.15, -0.1) is 0 Å². The zero-order chi connectivity index (χ0) is 12.6. The Morgan fingerprint density at radius 2 is 2.12 bits per heavy atom. The van der Waals surface area contributed by atoms with E-state index < -0.39 is 23.6 Å². The number of hydrogen-bond donors (Lipinski definition) is 2. The molecule has 6 heteroatoms. The summed E-state index contributed by atoms with van der Waals surface area (Å²) in [4.78, 5) is 34.3. The summed E-state index contributed by atoms with van der Waals surface area (Å²) in [6.07, 6.45) is -0.361. The monoisotopic (exact) mass is 253 g/mol. The van der Waals surface area contributed by atoms with Crippen LogP contribution >= 0.6 is 11.6 Å². The van der Waals surface area contributed by atoms with Gasteiger partial charge in [-0.05, 0) is 18.2 Å². The molecule has 1 aromatic carbocycles. The first-order chi connectivity index (χ1) is 7.99. The first kappa shape index (κ1) is 11.6. The average molecular weight is 254 g/mol. The van der Waals surface area contributed by atoms with Crippen molar-refractivity contribution in [2.24, 2.45) is 5.92 Å². The minimum absolute atomic E-state index is 0.135. The number of aliphatic carboxylic acids is 1. The van der Waals surface area contributed by atoms with Crippen molar-refractivity contribution < 1.29 is 19.5 Å². The molecule has 5 nitrogen and oxygen atoms in total. The Balaban J connectivity index is 2.55. The molecule has 0 radical (unpaired) electrons. The van der Waals surface area contributed by atoms with Crippen LogP contribution in [0.25, 0.3) is 0 Å². The number of Topliss-reactive ketones (excluding diaryl/α,β-unsaturated/α-hetero) is 1. The van der Waals surface area contributed by atoms with Gasteiger partial charge in [-0.1, -0.05) is 11.6 Å². The van der Waals surface area contributed by atoms with Gasteiger partial charge in [0.15, 0.2) is 5.78 Å². The van der Waals surface area contributed by atoms with Crippen molar-refractivity contribution in [2.45, 2.75) is 6.42 Å². The number of fused-ring (bicyclic) bond motifs is 1. The number of ketones is 1. The molecular formula is C11H8ClNO4. The topological polar surface area (TPSA) is 83.5 Å². The second kappa shape index (κ2) is 4.18. The van der Waals surface area contributed by atoms with E-state index in [2.05, 4.69) is 5.32 Å². The lowest BCUT2D eigenvalue weighted by Crippen LogP contribution is -2.25. The van der Waals surface area contributed by atoms with Gasteiger partial charge in [-0.2, -0.15) is 0 Å². The van der Waals surface area contributed by atoms with Gasteiger partial charge in [0.05, 0.1) is 5.69 Å². The van der Waals surface area contributed by atoms with Gasteiger partial charge >= 0.3 is 5.97 Å². The summed E-state index contributed by atoms with van der Waals surface area (Å²) in [6, 6.07) is 4.37. The van der Waals surface area contributed by atoms with Crippen LogP contribution in [0.3, 0.4) is 0 Å². The summed E-state index contributed by atoms with van der Waals surface area (Å²) in [5, 5.41) is 11.7. The van der Waals surface area contributed by atoms with E-state index in [1.807, 2.05) is 0 Å². The van der Waals surface area contributed by atoms with E-state index in [4.69, 9.17) is 16.7 Å². The summed E-state index contributed by atoms with van der Waals surface area (Å²) >= 11 is 5.75. The Kier molecular flexibility index (Phi) is 2.85. The molecule has 17 heavy (non-hydrogen) atoms. The Bertz CT molecular complexity index is 526. The molecule has 0 aliphatic carbocycles. The highest BCUT2D eigenvalue weighted by atomic mass is 35.5. The highest BCUT2D eigenvalue weighted by Crippen LogP contribution is 2.27. The molecule has 1 aliphatic rings. The van der Waals surface area contributed by atoms with E-state index in [0.29, 0.717) is 10.7 Å². The van der Waals surface area contributed by atoms with E-state index in [-0.39, 0.29) is 12.0 Å². The van der Waals surface area contributed by atoms with Gasteiger partial charge in [-0.25, -0.2) is 0 Å². The van der Waals surface area contributed by atoms with Crippen LogP contribution in [0, 0.1) is 5.92 Å². The maximum atomic E-state index is 11.9. The quantitative estimate of drug-likeness (QED) is 0.744. The second-order valence-electron chi connectivity index (χ2n) is 3.70. The molecule has 1 aliphatic heterocycles. The molecule has 0 fully saturated rings. The minimum Gasteiger partial charge on any atom is -0.481 e. The summed E-state index contributed by atoms with van der Waals surface area (Å²) in [6.45, 7) is 0. The fourth-order valence-corrected chi connectivity index (χ4v) is 1.87. The number of nitrogens with one attached hydrogen (secondary N) is 1. The Labute approximate surface area is 101 Å². The lowest BCUT2D eigenvalue weighted by molar-refractivity contribution is -0.141. The lowest BCUT2D eigenvalue weighted by atomic mass is 9.95. The van der Waals surface area contributed by atoms with Crippen LogP contribution < -0.4 is 5.32 Å². The van der Waals surface area contributed by atoms with Gasteiger partial charge in [0.25, 0.3) is 0 Å². The number of halogens is 1. The van der Waals surface area contributed by atoms with E-state index in [1.165, 1.54) is 18.2 Å². The van der Waals surface area contributed by atoms with E-state index in [9.17, 15) is 14.4 Å². The number of hydrogen-bond acceptors (Lipinski definition) is 3. The number of benzene rings is 1. The predicted octanol–water partition coefficient (Wildman–Crippen LogP) is 1.57. The molecule has 1 atom stereocenters. The van der Waals surface area contributed by atoms with Crippen LogP contribution in [0.4, 0.5) is 5.69 Å². The first-order valence-corrected chi connectivity index (χ1v) is 5.23. The van der Waals surface area contributed by atoms with E-state index >= 15 is 0 Å². The number of carboxylic acid groups (broad SMARTS) is 1. The molecule has 2 N–H and O–H groups in total. The van der Waals surface area contributed by atoms with Crippen LogP contribution in [0.2, 0.25) is 5.02 Å². The van der Waals surface area contributed by atoms with E-state index in [0.717, 1.165) is 0 Å². The van der Waals surface area contributed by atoms with Crippen molar-refractivity contribution in [2.75, 3.05) is 5.32 Å². The molecule has 0 bridgehead atoms. The molecule has 1 heterocycles. The molecule has 1 amide bonds. The predicted molar refractivity (Wildman–Crippen MR) is 60.2 cm³/mol. The fourth-order valence-electron chi connectivity index (χ4n) is 1.70. The molecule has 0 spiro atoms. The fraction of sp³-hybridized carbons (Fsp3) is 0.182. The zero-order valence-electron chi connectivity index (χ0n) is 8.57. The summed E-state index contributed by atoms with van der Waals surface area (Å²) < 4.78 is 0. The van der Waals surface area contributed by atoms with Crippen LogP contribution in [-0.2, 0) is 9.59 Å². The third kappa shape index (κ3) is 2.14. The maximum Gasteiger partial charge on any atom is 0.314 e. The highest BCUT2D eigenvalue weighted by Gasteiger charge is 2.34. The molecule has 88 valence electrons. The molecule has 1 aromatic rings. The molecule has 0 aromatic heterocycles. The van der Waals surface area contributed by atoms with Crippen molar-refractivity contribution in [1.29, 1.82) is 0 Å². The van der Waals surface area contributed by atoms with Gasteiger partial charge in [-0.3, -0.25) is 14.4 Å². The summed E-state index contributed by atoms with van der Waals surface area (Å²) in [5.41, 5.74) is 0.434. The smallest absolute Gasteiger partial charge is 0.314 e. The van der Waals surface area contributed by atoms with Crippen molar-refractivity contribution >= 4 is 34.9 Å². The van der Waals surface area contributed by atoms with Crippen molar-refractivity contribution in [3.63, 3.8) is 0 Å². The average Bonchev–Trinajstić information content (AvgIpc) is 2.38. The SMILES string of the molecule is O=C1CC(C(=O)O)C(=O)c2cc(Cl)ccc2N1. The number of carboxylic acids is 1. The third-order valence-corrected chi connectivity index (χ3v) is 2.76. The van der Waals surface area contributed by atoms with Gasteiger partial charge in [0.1, 0.15) is 5.92 Å². The van der Waals surface area contributed by atoms with Crippen molar-refractivity contribution in [3.05, 3.63) is 28.8 Å². The number of anilines is 1. The standard InChI is InChI=1S/C11H8ClNO4/c12-5-1-2-8-6(3-5)10(15)7(11(16)17)4-9(14)13-8/h1-3,7H,4H2,(H,13,14)(H,16,17). The first-order valence-electron chi connectivity index (χ1n) is 4.85. The van der Waals surface area contributed by atoms with Crippen LogP contribution in [0.5, 0.6) is 0 Å². The van der Waals surface area contributed by atoms with Gasteiger partial charge < -0.3 is 10.4 Å². The van der Waals surface area contributed by atoms with Crippen molar-refractivity contribution in [3.8, 4) is 0 Å². The second-order valence-corrected chi connectivity index (χ2v) is 4.13. The molecular weight excluding hydrogens is 246 g/mol. The summed E-state index contributed by atoms with van der Waals surface area (Å²) in [7, 11) is 0. The number of carbonyl (C=O) groups excluding carboxylic acids is 2. The Hall–Kier alpha value is -1.88. The Morgan fingerprint density at radius 1 is 1.41 bits per heavy atom. The number of carbonyl (C=O) groups is 3. The zero-order valence-corrected chi connectivity index (χ0v) is 9.32. The molecule has 0 saturated heterocycles. The number of amides is 1. The number of rotatable bonds is 1. The van der Waals surface area contributed by atoms with Gasteiger partial charge in [0.2, 0.25) is 5.91 Å². The lowest BCUT2D eigenvalue weighted by Gasteiger charge is -2.07. The van der Waals surface area contributed by atoms with Crippen LogP contribution in [0.1, 0.15) is 16.8 Å². The van der Waals surface area contributed by atoms with E-state index in [1.54, 1.807) is 0 Å².